The molecule has 190 valence electrons. The molecule has 1 unspecified atom stereocenters. The summed E-state index contributed by atoms with van der Waals surface area (Å²) in [6.07, 6.45) is 1.32. The van der Waals surface area contributed by atoms with Crippen molar-refractivity contribution in [1.29, 1.82) is 0 Å². The fourth-order valence-electron chi connectivity index (χ4n) is 4.20. The van der Waals surface area contributed by atoms with Gasteiger partial charge in [-0.15, -0.1) is 11.8 Å². The number of halogens is 1. The van der Waals surface area contributed by atoms with E-state index in [2.05, 4.69) is 53.3 Å². The highest BCUT2D eigenvalue weighted by atomic mass is 79.9. The van der Waals surface area contributed by atoms with Crippen molar-refractivity contribution in [3.05, 3.63) is 105 Å². The summed E-state index contributed by atoms with van der Waals surface area (Å²) in [6, 6.07) is 23.8. The van der Waals surface area contributed by atoms with Crippen LogP contribution < -0.4 is 5.32 Å². The molecule has 36 heavy (non-hydrogen) atoms. The van der Waals surface area contributed by atoms with E-state index in [4.69, 9.17) is 0 Å². The van der Waals surface area contributed by atoms with Crippen molar-refractivity contribution in [2.24, 2.45) is 0 Å². The Balaban J connectivity index is 1.83. The van der Waals surface area contributed by atoms with E-state index in [9.17, 15) is 9.59 Å². The van der Waals surface area contributed by atoms with Crippen molar-refractivity contribution < 1.29 is 9.59 Å². The molecule has 0 saturated carbocycles. The Hall–Kier alpha value is -2.57. The number of hydrogen-bond acceptors (Lipinski definition) is 3. The van der Waals surface area contributed by atoms with E-state index >= 15 is 0 Å². The quantitative estimate of drug-likeness (QED) is 0.273. The van der Waals surface area contributed by atoms with Crippen LogP contribution in [0.3, 0.4) is 0 Å². The van der Waals surface area contributed by atoms with Gasteiger partial charge < -0.3 is 10.2 Å². The maximum atomic E-state index is 13.7. The minimum Gasteiger partial charge on any atom is -0.354 e. The molecule has 6 heteroatoms. The molecule has 3 rings (SSSR count). The molecule has 0 saturated heterocycles. The lowest BCUT2D eigenvalue weighted by Gasteiger charge is -2.31. The number of carbonyl (C=O) groups is 2. The second kappa shape index (κ2) is 14.2. The summed E-state index contributed by atoms with van der Waals surface area (Å²) in [4.78, 5) is 28.8. The number of rotatable bonds is 12. The molecule has 0 aliphatic carbocycles. The van der Waals surface area contributed by atoms with Crippen LogP contribution >= 0.6 is 27.7 Å². The lowest BCUT2D eigenvalue weighted by Crippen LogP contribution is -2.51. The summed E-state index contributed by atoms with van der Waals surface area (Å²) in [6.45, 7) is 7.19. The van der Waals surface area contributed by atoms with E-state index in [1.165, 1.54) is 16.7 Å². The number of benzene rings is 3. The van der Waals surface area contributed by atoms with Crippen LogP contribution in [0.15, 0.2) is 77.3 Å². The third-order valence-electron chi connectivity index (χ3n) is 5.86. The highest BCUT2D eigenvalue weighted by Crippen LogP contribution is 2.20. The minimum atomic E-state index is -0.586. The van der Waals surface area contributed by atoms with Gasteiger partial charge >= 0.3 is 0 Å². The zero-order chi connectivity index (χ0) is 25.9. The SMILES string of the molecule is CCCNC(=O)C(Cc1ccccc1)N(Cc1ccc(Br)cc1)C(=O)CSCc1cc(C)cc(C)c1. The molecule has 0 aliphatic rings. The number of amides is 2. The van der Waals surface area contributed by atoms with Gasteiger partial charge in [-0.1, -0.05) is 94.6 Å². The van der Waals surface area contributed by atoms with Gasteiger partial charge in [-0.25, -0.2) is 0 Å². The van der Waals surface area contributed by atoms with Crippen LogP contribution in [0.1, 0.15) is 41.2 Å². The van der Waals surface area contributed by atoms with Crippen LogP contribution in [-0.4, -0.2) is 35.1 Å². The lowest BCUT2D eigenvalue weighted by atomic mass is 10.0. The Bertz CT molecular complexity index is 1120. The van der Waals surface area contributed by atoms with Crippen LogP contribution in [0.4, 0.5) is 0 Å². The van der Waals surface area contributed by atoms with Crippen LogP contribution in [0.25, 0.3) is 0 Å². The molecule has 0 aromatic heterocycles. The molecule has 4 nitrogen and oxygen atoms in total. The number of aryl methyl sites for hydroxylation is 2. The maximum absolute atomic E-state index is 13.7. The van der Waals surface area contributed by atoms with Crippen molar-refractivity contribution in [1.82, 2.24) is 10.2 Å². The Kier molecular flexibility index (Phi) is 11.1. The van der Waals surface area contributed by atoms with Gasteiger partial charge in [-0.2, -0.15) is 0 Å². The molecule has 2 amide bonds. The molecule has 3 aromatic carbocycles. The monoisotopic (exact) mass is 566 g/mol. The standard InChI is InChI=1S/C30H35BrN2O2S/c1-4-14-32-30(35)28(18-24-8-6-5-7-9-24)33(19-25-10-12-27(31)13-11-25)29(34)21-36-20-26-16-22(2)15-23(3)17-26/h5-13,15-17,28H,4,14,18-21H2,1-3H3,(H,32,35). The first-order valence-electron chi connectivity index (χ1n) is 12.4. The van der Waals surface area contributed by atoms with Gasteiger partial charge in [-0.05, 0) is 49.1 Å². The summed E-state index contributed by atoms with van der Waals surface area (Å²) < 4.78 is 0.981. The predicted octanol–water partition coefficient (Wildman–Crippen LogP) is 6.47. The molecule has 0 fully saturated rings. The molecular weight excluding hydrogens is 532 g/mol. The van der Waals surface area contributed by atoms with E-state index < -0.39 is 6.04 Å². The van der Waals surface area contributed by atoms with Gasteiger partial charge in [0.15, 0.2) is 0 Å². The molecule has 0 heterocycles. The lowest BCUT2D eigenvalue weighted by molar-refractivity contribution is -0.139. The number of nitrogens with zero attached hydrogens (tertiary/aromatic N) is 1. The average Bonchev–Trinajstić information content (AvgIpc) is 2.85. The first kappa shape index (κ1) is 28.0. The first-order valence-corrected chi connectivity index (χ1v) is 14.3. The second-order valence-corrected chi connectivity index (χ2v) is 11.0. The van der Waals surface area contributed by atoms with E-state index in [0.717, 1.165) is 27.8 Å². The fraction of sp³-hybridized carbons (Fsp3) is 0.333. The normalized spacial score (nSPS) is 11.7. The molecule has 1 N–H and O–H groups in total. The largest absolute Gasteiger partial charge is 0.354 e. The Labute approximate surface area is 228 Å². The summed E-state index contributed by atoms with van der Waals surface area (Å²) in [5.41, 5.74) is 5.69. The number of carbonyl (C=O) groups excluding carboxylic acids is 2. The highest BCUT2D eigenvalue weighted by Gasteiger charge is 2.30. The molecule has 3 aromatic rings. The van der Waals surface area contributed by atoms with Crippen molar-refractivity contribution in [3.8, 4) is 0 Å². The summed E-state index contributed by atoms with van der Waals surface area (Å²) in [5.74, 6) is 0.937. The third kappa shape index (κ3) is 8.82. The van der Waals surface area contributed by atoms with Crippen molar-refractivity contribution in [3.63, 3.8) is 0 Å². The first-order chi connectivity index (χ1) is 17.4. The van der Waals surface area contributed by atoms with E-state index in [1.807, 2.05) is 61.5 Å². The third-order valence-corrected chi connectivity index (χ3v) is 7.38. The number of nitrogens with one attached hydrogen (secondary N) is 1. The van der Waals surface area contributed by atoms with Crippen molar-refractivity contribution in [2.75, 3.05) is 12.3 Å². The Morgan fingerprint density at radius 2 is 1.58 bits per heavy atom. The zero-order valence-electron chi connectivity index (χ0n) is 21.3. The van der Waals surface area contributed by atoms with Gasteiger partial charge in [-0.3, -0.25) is 9.59 Å². The van der Waals surface area contributed by atoms with Gasteiger partial charge in [0.05, 0.1) is 5.75 Å². The molecule has 1 atom stereocenters. The summed E-state index contributed by atoms with van der Waals surface area (Å²) in [5, 5.41) is 3.03. The van der Waals surface area contributed by atoms with Gasteiger partial charge in [0.2, 0.25) is 11.8 Å². The Morgan fingerprint density at radius 3 is 2.22 bits per heavy atom. The van der Waals surface area contributed by atoms with Crippen LogP contribution in [0, 0.1) is 13.8 Å². The molecule has 0 aliphatic heterocycles. The van der Waals surface area contributed by atoms with Crippen molar-refractivity contribution >= 4 is 39.5 Å². The number of thioether (sulfide) groups is 1. The Morgan fingerprint density at radius 1 is 0.917 bits per heavy atom. The topological polar surface area (TPSA) is 49.4 Å². The molecule has 0 radical (unpaired) electrons. The summed E-state index contributed by atoms with van der Waals surface area (Å²) >= 11 is 5.08. The highest BCUT2D eigenvalue weighted by molar-refractivity contribution is 9.10. The maximum Gasteiger partial charge on any atom is 0.243 e. The van der Waals surface area contributed by atoms with Crippen LogP contribution in [0.2, 0.25) is 0 Å². The van der Waals surface area contributed by atoms with E-state index in [1.54, 1.807) is 16.7 Å². The van der Waals surface area contributed by atoms with Crippen molar-refractivity contribution in [2.45, 2.75) is 52.0 Å². The minimum absolute atomic E-state index is 0.0279. The second-order valence-electron chi connectivity index (χ2n) is 9.13. The summed E-state index contributed by atoms with van der Waals surface area (Å²) in [7, 11) is 0. The number of hydrogen-bond donors (Lipinski definition) is 1. The van der Waals surface area contributed by atoms with Gasteiger partial charge in [0, 0.05) is 29.7 Å². The molecule has 0 bridgehead atoms. The van der Waals surface area contributed by atoms with E-state index in [-0.39, 0.29) is 11.8 Å². The predicted molar refractivity (Wildman–Crippen MR) is 154 cm³/mol. The van der Waals surface area contributed by atoms with Gasteiger partial charge in [0.25, 0.3) is 0 Å². The molecule has 0 spiro atoms. The van der Waals surface area contributed by atoms with Crippen LogP contribution in [-0.2, 0) is 28.3 Å². The smallest absolute Gasteiger partial charge is 0.243 e. The van der Waals surface area contributed by atoms with E-state index in [0.29, 0.717) is 25.3 Å². The van der Waals surface area contributed by atoms with Crippen LogP contribution in [0.5, 0.6) is 0 Å². The average molecular weight is 568 g/mol. The molecular formula is C30H35BrN2O2S. The zero-order valence-corrected chi connectivity index (χ0v) is 23.7. The fourth-order valence-corrected chi connectivity index (χ4v) is 5.31. The van der Waals surface area contributed by atoms with Gasteiger partial charge in [0.1, 0.15) is 6.04 Å².